The zero-order valence-corrected chi connectivity index (χ0v) is 4.22. The molecule has 8 heavy (non-hydrogen) atoms. The van der Waals surface area contributed by atoms with Gasteiger partial charge in [-0.25, -0.2) is 0 Å². The fourth-order valence-electron chi connectivity index (χ4n) is 0.214. The molecule has 0 saturated heterocycles. The molecule has 0 radical (unpaired) electrons. The van der Waals surface area contributed by atoms with E-state index in [1.54, 1.807) is 0 Å². The molecule has 0 aliphatic carbocycles. The number of hydrogen-bond acceptors (Lipinski definition) is 3. The maximum Gasteiger partial charge on any atom is 0.181 e. The van der Waals surface area contributed by atoms with E-state index in [1.165, 1.54) is 6.08 Å². The third-order valence-corrected chi connectivity index (χ3v) is 0.557. The molecule has 0 heterocycles. The van der Waals surface area contributed by atoms with Gasteiger partial charge in [-0.15, -0.1) is 6.58 Å². The molecule has 0 saturated carbocycles. The van der Waals surface area contributed by atoms with Crippen LogP contribution in [0.5, 0.6) is 0 Å². The molecular weight excluding hydrogens is 108 g/mol. The maximum absolute atomic E-state index is 10.0. The highest BCUT2D eigenvalue weighted by atomic mass is 16.4. The van der Waals surface area contributed by atoms with Gasteiger partial charge in [-0.05, 0) is 0 Å². The summed E-state index contributed by atoms with van der Waals surface area (Å²) in [4.78, 5) is 19.6. The van der Waals surface area contributed by atoms with Crippen LogP contribution in [-0.4, -0.2) is 11.8 Å². The van der Waals surface area contributed by atoms with Crippen LogP contribution in [0.25, 0.3) is 0 Å². The van der Waals surface area contributed by atoms with Gasteiger partial charge in [-0.2, -0.15) is 0 Å². The quantitative estimate of drug-likeness (QED) is 0.344. The molecule has 3 heteroatoms. The van der Waals surface area contributed by atoms with Gasteiger partial charge < -0.3 is 9.90 Å². The maximum atomic E-state index is 10.0. The monoisotopic (exact) mass is 113 g/mol. The van der Waals surface area contributed by atoms with Crippen LogP contribution >= 0.6 is 0 Å². The summed E-state index contributed by atoms with van der Waals surface area (Å²) in [6.45, 7) is 3.17. The Kier molecular flexibility index (Phi) is 2.54. The number of carbonyl (C=O) groups excluding carboxylic acids is 2. The lowest BCUT2D eigenvalue weighted by molar-refractivity contribution is -0.299. The molecule has 0 N–H and O–H groups in total. The second kappa shape index (κ2) is 2.96. The molecule has 0 atom stereocenters. The van der Waals surface area contributed by atoms with Gasteiger partial charge in [-0.1, -0.05) is 6.08 Å². The number of carboxylic acids is 1. The molecule has 0 aliphatic heterocycles. The normalized spacial score (nSPS) is 8.00. The molecule has 0 amide bonds. The average molecular weight is 113 g/mol. The van der Waals surface area contributed by atoms with Gasteiger partial charge >= 0.3 is 0 Å². The summed E-state index contributed by atoms with van der Waals surface area (Å²) in [6, 6.07) is 0. The summed E-state index contributed by atoms with van der Waals surface area (Å²) in [6.07, 6.45) is 1.07. The lowest BCUT2D eigenvalue weighted by atomic mass is 10.3. The first-order valence-electron chi connectivity index (χ1n) is 2.03. The minimum atomic E-state index is -1.65. The first-order chi connectivity index (χ1) is 3.68. The molecule has 0 aromatic heterocycles. The van der Waals surface area contributed by atoms with Crippen LogP contribution in [0.3, 0.4) is 0 Å². The summed E-state index contributed by atoms with van der Waals surface area (Å²) in [5.41, 5.74) is 0. The van der Waals surface area contributed by atoms with Crippen molar-refractivity contribution in [1.82, 2.24) is 0 Å². The molecule has 0 fully saturated rings. The van der Waals surface area contributed by atoms with Gasteiger partial charge in [0.2, 0.25) is 0 Å². The largest absolute Gasteiger partial charge is 0.542 e. The number of hydrogen-bond donors (Lipinski definition) is 0. The van der Waals surface area contributed by atoms with E-state index in [-0.39, 0.29) is 6.42 Å². The van der Waals surface area contributed by atoms with Crippen molar-refractivity contribution < 1.29 is 14.7 Å². The predicted octanol–water partition coefficient (Wildman–Crippen LogP) is -1.12. The minimum Gasteiger partial charge on any atom is -0.542 e. The van der Waals surface area contributed by atoms with E-state index in [0.29, 0.717) is 0 Å². The number of carboxylic acid groups (broad SMARTS) is 1. The van der Waals surface area contributed by atoms with Crippen molar-refractivity contribution in [1.29, 1.82) is 0 Å². The highest BCUT2D eigenvalue weighted by Crippen LogP contribution is 1.79. The Hall–Kier alpha value is -1.12. The molecule has 0 rings (SSSR count). The Bertz CT molecular complexity index is 126. The highest BCUT2D eigenvalue weighted by Gasteiger charge is 1.95. The van der Waals surface area contributed by atoms with Gasteiger partial charge in [0, 0.05) is 6.42 Å². The van der Waals surface area contributed by atoms with Gasteiger partial charge in [0.15, 0.2) is 5.78 Å². The molecule has 0 unspecified atom stereocenters. The van der Waals surface area contributed by atoms with Gasteiger partial charge in [0.05, 0.1) is 0 Å². The van der Waals surface area contributed by atoms with E-state index in [0.717, 1.165) is 0 Å². The SMILES string of the molecule is C=CCC(=O)C(=O)[O-]. The van der Waals surface area contributed by atoms with Crippen molar-refractivity contribution in [3.05, 3.63) is 12.7 Å². The molecule has 0 bridgehead atoms. The number of allylic oxidation sites excluding steroid dienone is 1. The zero-order chi connectivity index (χ0) is 6.57. The third-order valence-electron chi connectivity index (χ3n) is 0.557. The van der Waals surface area contributed by atoms with Crippen molar-refractivity contribution in [2.24, 2.45) is 0 Å². The molecule has 0 aromatic rings. The summed E-state index contributed by atoms with van der Waals surface area (Å²) in [5, 5.41) is 9.58. The van der Waals surface area contributed by atoms with Crippen molar-refractivity contribution in [3.8, 4) is 0 Å². The average Bonchev–Trinajstić information content (AvgIpc) is 1.67. The third kappa shape index (κ3) is 2.12. The molecular formula is C5H5O3-. The van der Waals surface area contributed by atoms with Crippen LogP contribution in [0.2, 0.25) is 0 Å². The van der Waals surface area contributed by atoms with E-state index >= 15 is 0 Å². The highest BCUT2D eigenvalue weighted by molar-refractivity contribution is 6.31. The Morgan fingerprint density at radius 3 is 2.25 bits per heavy atom. The van der Waals surface area contributed by atoms with Gasteiger partial charge in [0.25, 0.3) is 0 Å². The smallest absolute Gasteiger partial charge is 0.181 e. The topological polar surface area (TPSA) is 57.2 Å². The van der Waals surface area contributed by atoms with E-state index in [2.05, 4.69) is 6.58 Å². The van der Waals surface area contributed by atoms with Crippen molar-refractivity contribution in [2.45, 2.75) is 6.42 Å². The van der Waals surface area contributed by atoms with Crippen LogP contribution in [0.15, 0.2) is 12.7 Å². The number of carbonyl (C=O) groups is 2. The molecule has 0 aromatic carbocycles. The van der Waals surface area contributed by atoms with Crippen molar-refractivity contribution >= 4 is 11.8 Å². The fraction of sp³-hybridized carbons (Fsp3) is 0.200. The van der Waals surface area contributed by atoms with E-state index in [4.69, 9.17) is 0 Å². The second-order valence-electron chi connectivity index (χ2n) is 1.20. The lowest BCUT2D eigenvalue weighted by Gasteiger charge is -1.93. The molecule has 0 aliphatic rings. The predicted molar refractivity (Wildman–Crippen MR) is 24.8 cm³/mol. The van der Waals surface area contributed by atoms with Crippen LogP contribution in [-0.2, 0) is 9.59 Å². The Morgan fingerprint density at radius 2 is 2.12 bits per heavy atom. The lowest BCUT2D eigenvalue weighted by Crippen LogP contribution is -2.30. The van der Waals surface area contributed by atoms with E-state index in [1.807, 2.05) is 0 Å². The summed E-state index contributed by atoms with van der Waals surface area (Å²) < 4.78 is 0. The van der Waals surface area contributed by atoms with Crippen LogP contribution in [0.1, 0.15) is 6.42 Å². The number of Topliss-reactive ketones (excluding diaryl/α,β-unsaturated/α-hetero) is 1. The van der Waals surface area contributed by atoms with Crippen LogP contribution in [0.4, 0.5) is 0 Å². The molecule has 0 spiro atoms. The summed E-state index contributed by atoms with van der Waals surface area (Å²) >= 11 is 0. The zero-order valence-electron chi connectivity index (χ0n) is 4.22. The Labute approximate surface area is 46.6 Å². The van der Waals surface area contributed by atoms with Crippen LogP contribution < -0.4 is 5.11 Å². The first-order valence-corrected chi connectivity index (χ1v) is 2.03. The van der Waals surface area contributed by atoms with Crippen molar-refractivity contribution in [3.63, 3.8) is 0 Å². The fourth-order valence-corrected chi connectivity index (χ4v) is 0.214. The van der Waals surface area contributed by atoms with Gasteiger partial charge in [-0.3, -0.25) is 4.79 Å². The summed E-state index contributed by atoms with van der Waals surface area (Å²) in [5.74, 6) is -2.58. The minimum absolute atomic E-state index is 0.150. The Balaban J connectivity index is 3.65. The number of rotatable bonds is 3. The molecule has 3 nitrogen and oxygen atoms in total. The molecule has 44 valence electrons. The van der Waals surface area contributed by atoms with E-state index < -0.39 is 11.8 Å². The summed E-state index contributed by atoms with van der Waals surface area (Å²) in [7, 11) is 0. The van der Waals surface area contributed by atoms with E-state index in [9.17, 15) is 14.7 Å². The number of aliphatic carboxylic acids is 1. The number of ketones is 1. The standard InChI is InChI=1S/C5H6O3/c1-2-3-4(6)5(7)8/h2H,1,3H2,(H,7,8)/p-1. The Morgan fingerprint density at radius 1 is 1.62 bits per heavy atom. The van der Waals surface area contributed by atoms with Crippen molar-refractivity contribution in [2.75, 3.05) is 0 Å². The first kappa shape index (κ1) is 6.88. The second-order valence-corrected chi connectivity index (χ2v) is 1.20. The van der Waals surface area contributed by atoms with Crippen LogP contribution in [0, 0.1) is 0 Å². The van der Waals surface area contributed by atoms with Gasteiger partial charge in [0.1, 0.15) is 5.97 Å².